The van der Waals surface area contributed by atoms with Gasteiger partial charge in [0.2, 0.25) is 0 Å². The number of hydrogen-bond donors (Lipinski definition) is 1. The number of thioether (sulfide) groups is 2. The van der Waals surface area contributed by atoms with Crippen LogP contribution in [0.15, 0.2) is 11.6 Å². The molecule has 0 radical (unpaired) electrons. The topological polar surface area (TPSA) is 37.3 Å². The Balaban J connectivity index is 1.41. The van der Waals surface area contributed by atoms with Crippen LogP contribution in [0.1, 0.15) is 78.6 Å². The number of carbonyl (C=O) groups is 1. The first-order valence-corrected chi connectivity index (χ1v) is 14.1. The fraction of sp³-hybridized carbons (Fsp3) is 0.880. The second kappa shape index (κ2) is 7.30. The Bertz CT molecular complexity index is 710. The molecule has 4 aliphatic carbocycles. The molecule has 1 aliphatic heterocycles. The summed E-state index contributed by atoms with van der Waals surface area (Å²) < 4.78 is 0.345. The van der Waals surface area contributed by atoms with Gasteiger partial charge in [-0.15, -0.1) is 23.5 Å². The number of rotatable bonds is 2. The molecule has 7 atom stereocenters. The summed E-state index contributed by atoms with van der Waals surface area (Å²) in [5, 5.41) is 11.8. The molecule has 1 heterocycles. The number of ketones is 1. The first-order chi connectivity index (χ1) is 13.8. The van der Waals surface area contributed by atoms with Crippen LogP contribution in [0.4, 0.5) is 0 Å². The maximum Gasteiger partial charge on any atom is 0.155 e. The van der Waals surface area contributed by atoms with E-state index in [-0.39, 0.29) is 10.8 Å². The van der Waals surface area contributed by atoms with Gasteiger partial charge in [0.15, 0.2) is 5.78 Å². The predicted molar refractivity (Wildman–Crippen MR) is 124 cm³/mol. The van der Waals surface area contributed by atoms with Gasteiger partial charge < -0.3 is 5.11 Å². The van der Waals surface area contributed by atoms with Gasteiger partial charge in [0.25, 0.3) is 0 Å². The quantitative estimate of drug-likeness (QED) is 0.571. The van der Waals surface area contributed by atoms with Crippen molar-refractivity contribution >= 4 is 29.3 Å². The lowest BCUT2D eigenvalue weighted by molar-refractivity contribution is -0.119. The average Bonchev–Trinajstić information content (AvgIpc) is 3.07. The van der Waals surface area contributed by atoms with E-state index >= 15 is 0 Å². The van der Waals surface area contributed by atoms with E-state index in [1.807, 2.05) is 29.6 Å². The van der Waals surface area contributed by atoms with E-state index in [2.05, 4.69) is 20.8 Å². The molecule has 1 saturated heterocycles. The smallest absolute Gasteiger partial charge is 0.155 e. The third kappa shape index (κ3) is 3.13. The summed E-state index contributed by atoms with van der Waals surface area (Å²) in [6, 6.07) is 0. The Kier molecular flexibility index (Phi) is 5.27. The Morgan fingerprint density at radius 1 is 1.03 bits per heavy atom. The summed E-state index contributed by atoms with van der Waals surface area (Å²) >= 11 is 4.01. The van der Waals surface area contributed by atoms with Crippen molar-refractivity contribution in [2.24, 2.45) is 34.5 Å². The van der Waals surface area contributed by atoms with E-state index in [0.29, 0.717) is 16.3 Å². The molecule has 3 saturated carbocycles. The van der Waals surface area contributed by atoms with Crippen LogP contribution in [0.25, 0.3) is 0 Å². The van der Waals surface area contributed by atoms with Crippen molar-refractivity contribution in [2.75, 3.05) is 11.5 Å². The molecule has 0 spiro atoms. The fourth-order valence-electron chi connectivity index (χ4n) is 8.51. The van der Waals surface area contributed by atoms with Gasteiger partial charge in [-0.25, -0.2) is 0 Å². The third-order valence-corrected chi connectivity index (χ3v) is 13.4. The molecular weight excluding hydrogens is 396 g/mol. The summed E-state index contributed by atoms with van der Waals surface area (Å²) in [6.45, 7) is 7.18. The predicted octanol–water partition coefficient (Wildman–Crippen LogP) is 6.08. The zero-order valence-corrected chi connectivity index (χ0v) is 20.0. The zero-order valence-electron chi connectivity index (χ0n) is 18.4. The highest BCUT2D eigenvalue weighted by Crippen LogP contribution is 2.68. The summed E-state index contributed by atoms with van der Waals surface area (Å²) in [6.07, 6.45) is 12.6. The largest absolute Gasteiger partial charge is 0.388 e. The van der Waals surface area contributed by atoms with E-state index in [1.54, 1.807) is 0 Å². The molecule has 0 aromatic rings. The number of allylic oxidation sites excluding steroid dienone is 1. The van der Waals surface area contributed by atoms with Gasteiger partial charge in [-0.05, 0) is 110 Å². The molecule has 0 aromatic heterocycles. The third-order valence-electron chi connectivity index (χ3n) is 9.97. The van der Waals surface area contributed by atoms with Gasteiger partial charge in [-0.3, -0.25) is 4.79 Å². The van der Waals surface area contributed by atoms with Gasteiger partial charge >= 0.3 is 0 Å². The van der Waals surface area contributed by atoms with Gasteiger partial charge in [0.05, 0.1) is 10.2 Å². The molecule has 0 unspecified atom stereocenters. The number of carbonyl (C=O) groups excluding carboxylic acids is 1. The summed E-state index contributed by atoms with van der Waals surface area (Å²) in [5.41, 5.74) is 1.45. The number of fused-ring (bicyclic) bond motifs is 5. The molecule has 2 nitrogen and oxygen atoms in total. The monoisotopic (exact) mass is 434 g/mol. The van der Waals surface area contributed by atoms with Crippen LogP contribution >= 0.6 is 23.5 Å². The summed E-state index contributed by atoms with van der Waals surface area (Å²) in [4.78, 5) is 12.0. The molecule has 29 heavy (non-hydrogen) atoms. The lowest BCUT2D eigenvalue weighted by atomic mass is 9.46. The van der Waals surface area contributed by atoms with Crippen molar-refractivity contribution in [3.05, 3.63) is 11.6 Å². The number of aliphatic hydroxyl groups is 1. The van der Waals surface area contributed by atoms with Crippen molar-refractivity contribution in [1.82, 2.24) is 0 Å². The van der Waals surface area contributed by atoms with E-state index in [0.717, 1.165) is 37.0 Å². The van der Waals surface area contributed by atoms with Crippen molar-refractivity contribution in [3.63, 3.8) is 0 Å². The molecule has 4 heteroatoms. The lowest BCUT2D eigenvalue weighted by Gasteiger charge is -2.59. The SMILES string of the molecule is C[C@]12CC[C@H]3[C@@H](CCC4=CC(=O)CC[C@@]43C)[C@@H]1CC[C@@H]2[C@@](C)(O)C1SCCCS1. The van der Waals surface area contributed by atoms with Crippen LogP contribution in [0, 0.1) is 34.5 Å². The van der Waals surface area contributed by atoms with Crippen LogP contribution in [0.2, 0.25) is 0 Å². The Morgan fingerprint density at radius 2 is 1.79 bits per heavy atom. The highest BCUT2D eigenvalue weighted by atomic mass is 32.2. The minimum Gasteiger partial charge on any atom is -0.388 e. The van der Waals surface area contributed by atoms with E-state index in [9.17, 15) is 9.90 Å². The molecule has 4 fully saturated rings. The van der Waals surface area contributed by atoms with Gasteiger partial charge in [-0.2, -0.15) is 0 Å². The standard InChI is InChI=1S/C25H38O2S2/c1-23-11-9-17(26)15-16(23)5-6-18-19-7-8-21(24(19,2)12-10-20(18)23)25(3,27)22-28-13-4-14-29-22/h15,18-22,27H,4-14H2,1-3H3/t18-,19-,20-,21-,23-,24-,25+/m0/s1. The van der Waals surface area contributed by atoms with E-state index < -0.39 is 5.60 Å². The molecule has 162 valence electrons. The molecule has 5 rings (SSSR count). The van der Waals surface area contributed by atoms with Crippen LogP contribution in [0.3, 0.4) is 0 Å². The van der Waals surface area contributed by atoms with Crippen molar-refractivity contribution in [1.29, 1.82) is 0 Å². The Morgan fingerprint density at radius 3 is 2.55 bits per heavy atom. The molecule has 0 aromatic carbocycles. The van der Waals surface area contributed by atoms with Gasteiger partial charge in [0, 0.05) is 6.42 Å². The van der Waals surface area contributed by atoms with E-state index in [1.165, 1.54) is 55.6 Å². The first kappa shape index (κ1) is 20.9. The zero-order chi connectivity index (χ0) is 20.4. The van der Waals surface area contributed by atoms with Crippen LogP contribution in [0.5, 0.6) is 0 Å². The van der Waals surface area contributed by atoms with Crippen molar-refractivity contribution in [2.45, 2.75) is 88.7 Å². The molecule has 0 amide bonds. The first-order valence-electron chi connectivity index (χ1n) is 12.0. The maximum absolute atomic E-state index is 12.0. The molecular formula is C25H38O2S2. The highest BCUT2D eigenvalue weighted by molar-refractivity contribution is 8.17. The summed E-state index contributed by atoms with van der Waals surface area (Å²) in [7, 11) is 0. The minimum atomic E-state index is -0.563. The minimum absolute atomic E-state index is 0.258. The normalized spacial score (nSPS) is 47.6. The van der Waals surface area contributed by atoms with E-state index in [4.69, 9.17) is 0 Å². The van der Waals surface area contributed by atoms with Crippen molar-refractivity contribution < 1.29 is 9.90 Å². The summed E-state index contributed by atoms with van der Waals surface area (Å²) in [5.74, 6) is 5.49. The Hall–Kier alpha value is 0.0700. The average molecular weight is 435 g/mol. The molecule has 5 aliphatic rings. The second-order valence-electron chi connectivity index (χ2n) is 11.3. The lowest BCUT2D eigenvalue weighted by Crippen LogP contribution is -2.55. The second-order valence-corrected chi connectivity index (χ2v) is 14.0. The number of hydrogen-bond acceptors (Lipinski definition) is 4. The fourth-order valence-corrected chi connectivity index (χ4v) is 11.7. The Labute approximate surface area is 185 Å². The highest BCUT2D eigenvalue weighted by Gasteiger charge is 2.62. The maximum atomic E-state index is 12.0. The molecule has 1 N–H and O–H groups in total. The van der Waals surface area contributed by atoms with Crippen LogP contribution < -0.4 is 0 Å². The van der Waals surface area contributed by atoms with Crippen molar-refractivity contribution in [3.8, 4) is 0 Å². The van der Waals surface area contributed by atoms with Gasteiger partial charge in [-0.1, -0.05) is 19.4 Å². The molecule has 0 bridgehead atoms. The van der Waals surface area contributed by atoms with Gasteiger partial charge in [0.1, 0.15) is 0 Å². The van der Waals surface area contributed by atoms with Crippen LogP contribution in [-0.2, 0) is 4.79 Å². The van der Waals surface area contributed by atoms with Crippen LogP contribution in [-0.4, -0.2) is 32.6 Å².